The first-order valence-corrected chi connectivity index (χ1v) is 7.99. The van der Waals surface area contributed by atoms with Crippen molar-refractivity contribution in [1.29, 1.82) is 0 Å². The summed E-state index contributed by atoms with van der Waals surface area (Å²) < 4.78 is 7.29. The molecule has 3 aromatic heterocycles. The Balaban J connectivity index is 1.92. The van der Waals surface area contributed by atoms with E-state index in [1.54, 1.807) is 23.9 Å². The summed E-state index contributed by atoms with van der Waals surface area (Å²) in [4.78, 5) is 7.93. The Kier molecular flexibility index (Phi) is 3.98. The zero-order valence-electron chi connectivity index (χ0n) is 12.3. The number of rotatable bonds is 6. The summed E-state index contributed by atoms with van der Waals surface area (Å²) in [7, 11) is 2.06. The second kappa shape index (κ2) is 5.91. The van der Waals surface area contributed by atoms with Crippen LogP contribution in [-0.4, -0.2) is 22.5 Å². The third kappa shape index (κ3) is 2.82. The number of imidazole rings is 1. The molecular weight excluding hydrogens is 284 g/mol. The normalized spacial score (nSPS) is 12.9. The number of aromatic nitrogens is 2. The van der Waals surface area contributed by atoms with Crippen molar-refractivity contribution in [2.75, 3.05) is 11.9 Å². The van der Waals surface area contributed by atoms with E-state index in [9.17, 15) is 0 Å². The van der Waals surface area contributed by atoms with Gasteiger partial charge in [-0.1, -0.05) is 6.92 Å². The van der Waals surface area contributed by atoms with Crippen LogP contribution in [0.25, 0.3) is 4.96 Å². The summed E-state index contributed by atoms with van der Waals surface area (Å²) in [6.45, 7) is 2.89. The second-order valence-corrected chi connectivity index (χ2v) is 6.17. The lowest BCUT2D eigenvalue weighted by molar-refractivity contribution is 0.563. The predicted octanol–water partition coefficient (Wildman–Crippen LogP) is 2.91. The Bertz CT molecular complexity index is 700. The van der Waals surface area contributed by atoms with E-state index in [2.05, 4.69) is 34.8 Å². The van der Waals surface area contributed by atoms with E-state index in [4.69, 9.17) is 15.1 Å². The van der Waals surface area contributed by atoms with Gasteiger partial charge in [0.2, 0.25) is 0 Å². The maximum absolute atomic E-state index is 6.16. The van der Waals surface area contributed by atoms with E-state index in [1.165, 1.54) is 5.69 Å². The smallest absolute Gasteiger partial charge is 0.195 e. The topological polar surface area (TPSA) is 59.7 Å². The van der Waals surface area contributed by atoms with Crippen molar-refractivity contribution >= 4 is 22.1 Å². The monoisotopic (exact) mass is 304 g/mol. The summed E-state index contributed by atoms with van der Waals surface area (Å²) in [5, 5.41) is 2.06. The van der Waals surface area contributed by atoms with Gasteiger partial charge in [-0.3, -0.25) is 4.40 Å². The van der Waals surface area contributed by atoms with Crippen molar-refractivity contribution in [3.63, 3.8) is 0 Å². The van der Waals surface area contributed by atoms with Crippen molar-refractivity contribution in [2.45, 2.75) is 32.4 Å². The van der Waals surface area contributed by atoms with E-state index < -0.39 is 0 Å². The number of nitrogens with two attached hydrogens (primary N) is 1. The average molecular weight is 304 g/mol. The number of fused-ring (bicyclic) bond motifs is 1. The number of thiazole rings is 1. The van der Waals surface area contributed by atoms with Gasteiger partial charge in [0.1, 0.15) is 0 Å². The summed E-state index contributed by atoms with van der Waals surface area (Å²) in [6.07, 6.45) is 7.33. The van der Waals surface area contributed by atoms with Crippen LogP contribution in [0.1, 0.15) is 24.6 Å². The standard InChI is InChI=1S/C15H20N4OS/c1-3-12(16)8-13-14(17-15-19(13)5-7-21-15)18(2)9-11-4-6-20-10-11/h4-7,10,12H,3,8-9,16H2,1-2H3. The zero-order valence-corrected chi connectivity index (χ0v) is 13.1. The van der Waals surface area contributed by atoms with Gasteiger partial charge in [0.15, 0.2) is 10.8 Å². The molecular formula is C15H20N4OS. The van der Waals surface area contributed by atoms with E-state index in [0.717, 1.165) is 35.7 Å². The number of nitrogens with zero attached hydrogens (tertiary/aromatic N) is 3. The third-order valence-corrected chi connectivity index (χ3v) is 4.44. The Morgan fingerprint density at radius 2 is 2.38 bits per heavy atom. The Labute approximate surface area is 128 Å². The highest BCUT2D eigenvalue weighted by Crippen LogP contribution is 2.26. The van der Waals surface area contributed by atoms with Crippen LogP contribution in [0.5, 0.6) is 0 Å². The molecule has 0 aliphatic heterocycles. The molecule has 0 saturated carbocycles. The molecule has 1 unspecified atom stereocenters. The predicted molar refractivity (Wildman–Crippen MR) is 85.9 cm³/mol. The Hall–Kier alpha value is -1.79. The molecule has 0 bridgehead atoms. The highest BCUT2D eigenvalue weighted by atomic mass is 32.1. The van der Waals surface area contributed by atoms with E-state index in [1.807, 2.05) is 6.07 Å². The van der Waals surface area contributed by atoms with Crippen LogP contribution in [-0.2, 0) is 13.0 Å². The van der Waals surface area contributed by atoms with Gasteiger partial charge in [-0.2, -0.15) is 0 Å². The first kappa shape index (κ1) is 14.2. The lowest BCUT2D eigenvalue weighted by atomic mass is 10.1. The van der Waals surface area contributed by atoms with Crippen molar-refractivity contribution in [1.82, 2.24) is 9.38 Å². The van der Waals surface area contributed by atoms with E-state index >= 15 is 0 Å². The molecule has 21 heavy (non-hydrogen) atoms. The number of hydrogen-bond acceptors (Lipinski definition) is 5. The lowest BCUT2D eigenvalue weighted by Crippen LogP contribution is -2.25. The minimum atomic E-state index is 0.158. The number of anilines is 1. The molecule has 112 valence electrons. The fourth-order valence-electron chi connectivity index (χ4n) is 2.44. The van der Waals surface area contributed by atoms with E-state index in [-0.39, 0.29) is 6.04 Å². The van der Waals surface area contributed by atoms with Gasteiger partial charge in [-0.25, -0.2) is 4.98 Å². The summed E-state index contributed by atoms with van der Waals surface area (Å²) in [6, 6.07) is 2.14. The minimum absolute atomic E-state index is 0.158. The molecule has 6 heteroatoms. The van der Waals surface area contributed by atoms with Crippen LogP contribution in [0.2, 0.25) is 0 Å². The van der Waals surface area contributed by atoms with Crippen LogP contribution >= 0.6 is 11.3 Å². The first-order chi connectivity index (χ1) is 10.2. The molecule has 5 nitrogen and oxygen atoms in total. The molecule has 3 aromatic rings. The molecule has 0 aliphatic rings. The largest absolute Gasteiger partial charge is 0.472 e. The molecule has 2 N–H and O–H groups in total. The zero-order chi connectivity index (χ0) is 14.8. The van der Waals surface area contributed by atoms with Crippen molar-refractivity contribution in [3.05, 3.63) is 41.4 Å². The van der Waals surface area contributed by atoms with Crippen LogP contribution in [0.4, 0.5) is 5.82 Å². The van der Waals surface area contributed by atoms with Gasteiger partial charge >= 0.3 is 0 Å². The first-order valence-electron chi connectivity index (χ1n) is 7.11. The van der Waals surface area contributed by atoms with Crippen LogP contribution in [0.15, 0.2) is 34.6 Å². The van der Waals surface area contributed by atoms with Crippen LogP contribution < -0.4 is 10.6 Å². The summed E-state index contributed by atoms with van der Waals surface area (Å²) >= 11 is 1.65. The molecule has 1 atom stereocenters. The fourth-order valence-corrected chi connectivity index (χ4v) is 3.17. The molecule has 0 amide bonds. The fraction of sp³-hybridized carbons (Fsp3) is 0.400. The molecule has 0 radical (unpaired) electrons. The van der Waals surface area contributed by atoms with Crippen LogP contribution in [0.3, 0.4) is 0 Å². The highest BCUT2D eigenvalue weighted by molar-refractivity contribution is 7.15. The van der Waals surface area contributed by atoms with Gasteiger partial charge in [-0.05, 0) is 12.5 Å². The SMILES string of the molecule is CCC(N)Cc1c(N(C)Cc2ccoc2)nc2sccn12. The van der Waals surface area contributed by atoms with Crippen LogP contribution in [0, 0.1) is 0 Å². The molecule has 3 rings (SSSR count). The molecule has 3 heterocycles. The van der Waals surface area contributed by atoms with Gasteiger partial charge in [0.25, 0.3) is 0 Å². The van der Waals surface area contributed by atoms with Crippen molar-refractivity contribution in [3.8, 4) is 0 Å². The van der Waals surface area contributed by atoms with Crippen molar-refractivity contribution in [2.24, 2.45) is 5.73 Å². The lowest BCUT2D eigenvalue weighted by Gasteiger charge is -2.18. The maximum Gasteiger partial charge on any atom is 0.195 e. The Morgan fingerprint density at radius 1 is 1.52 bits per heavy atom. The Morgan fingerprint density at radius 3 is 3.10 bits per heavy atom. The van der Waals surface area contributed by atoms with Gasteiger partial charge in [0, 0.05) is 43.2 Å². The maximum atomic E-state index is 6.16. The van der Waals surface area contributed by atoms with Crippen molar-refractivity contribution < 1.29 is 4.42 Å². The van der Waals surface area contributed by atoms with Gasteiger partial charge in [0.05, 0.1) is 18.2 Å². The van der Waals surface area contributed by atoms with Gasteiger partial charge in [-0.15, -0.1) is 11.3 Å². The quantitative estimate of drug-likeness (QED) is 0.760. The third-order valence-electron chi connectivity index (χ3n) is 3.68. The average Bonchev–Trinajstić information content (AvgIpc) is 3.16. The highest BCUT2D eigenvalue weighted by Gasteiger charge is 2.18. The minimum Gasteiger partial charge on any atom is -0.472 e. The van der Waals surface area contributed by atoms with E-state index in [0.29, 0.717) is 0 Å². The number of hydrogen-bond donors (Lipinski definition) is 1. The molecule has 0 spiro atoms. The second-order valence-electron chi connectivity index (χ2n) is 5.30. The number of furan rings is 1. The molecule has 0 aliphatic carbocycles. The molecule has 0 fully saturated rings. The summed E-state index contributed by atoms with van der Waals surface area (Å²) in [5.41, 5.74) is 8.48. The molecule has 0 saturated heterocycles. The summed E-state index contributed by atoms with van der Waals surface area (Å²) in [5.74, 6) is 1.01. The molecule has 0 aromatic carbocycles. The van der Waals surface area contributed by atoms with Gasteiger partial charge < -0.3 is 15.1 Å².